The highest BCUT2D eigenvalue weighted by atomic mass is 32.2. The van der Waals surface area contributed by atoms with Gasteiger partial charge in [-0.1, -0.05) is 64.7 Å². The monoisotopic (exact) mass is 261 g/mol. The molecule has 0 spiro atoms. The molecule has 0 N–H and O–H groups in total. The smallest absolute Gasteiger partial charge is 0.107 e. The topological polar surface area (TPSA) is 29.1 Å². The van der Waals surface area contributed by atoms with Crippen molar-refractivity contribution in [2.45, 2.75) is 71.1 Å². The number of unbranched alkanes of at least 4 members (excludes halogenated alkanes) is 9. The molecule has 0 amide bonds. The molecule has 0 fully saturated rings. The van der Waals surface area contributed by atoms with E-state index < -0.39 is 0 Å². The number of rotatable bonds is 14. The van der Waals surface area contributed by atoms with Gasteiger partial charge in [0.2, 0.25) is 0 Å². The van der Waals surface area contributed by atoms with Crippen LogP contribution in [0.1, 0.15) is 71.1 Å². The second-order valence-electron chi connectivity index (χ2n) is 4.53. The van der Waals surface area contributed by atoms with Gasteiger partial charge in [0.1, 0.15) is 6.61 Å². The van der Waals surface area contributed by atoms with Crippen molar-refractivity contribution in [2.75, 3.05) is 19.0 Å². The zero-order valence-corrected chi connectivity index (χ0v) is 12.2. The first-order valence-corrected chi connectivity index (χ1v) is 8.15. The zero-order valence-electron chi connectivity index (χ0n) is 11.4. The minimum absolute atomic E-state index is 0.120. The summed E-state index contributed by atoms with van der Waals surface area (Å²) in [6.07, 6.45) is 13.7. The molecule has 0 aliphatic rings. The fourth-order valence-electron chi connectivity index (χ4n) is 1.80. The van der Waals surface area contributed by atoms with Crippen LogP contribution in [0, 0.1) is 0 Å². The van der Waals surface area contributed by atoms with Crippen molar-refractivity contribution in [2.24, 2.45) is 0 Å². The molecule has 0 aromatic rings. The summed E-state index contributed by atoms with van der Waals surface area (Å²) in [6, 6.07) is 0. The van der Waals surface area contributed by atoms with Gasteiger partial charge in [-0.25, -0.2) is 5.11 Å². The molecular formula is C14H29O2S. The summed E-state index contributed by atoms with van der Waals surface area (Å²) in [4.78, 5) is 0. The molecule has 0 aliphatic heterocycles. The molecule has 0 saturated carbocycles. The molecule has 17 heavy (non-hydrogen) atoms. The third-order valence-corrected chi connectivity index (χ3v) is 3.62. The average molecular weight is 261 g/mol. The molecule has 0 heterocycles. The van der Waals surface area contributed by atoms with E-state index in [1.165, 1.54) is 76.3 Å². The van der Waals surface area contributed by atoms with Crippen molar-refractivity contribution in [3.05, 3.63) is 0 Å². The standard InChI is InChI=1S/C14H29O2S/c1-2-3-4-5-6-7-8-9-10-11-14-17-16-13-12-15/h2-14H2,1H3. The van der Waals surface area contributed by atoms with Crippen LogP contribution in [0.4, 0.5) is 0 Å². The van der Waals surface area contributed by atoms with Gasteiger partial charge in [-0.2, -0.15) is 0 Å². The fraction of sp³-hybridized carbons (Fsp3) is 1.00. The summed E-state index contributed by atoms with van der Waals surface area (Å²) in [5, 5.41) is 10.1. The predicted molar refractivity (Wildman–Crippen MR) is 75.8 cm³/mol. The normalized spacial score (nSPS) is 10.9. The maximum atomic E-state index is 10.1. The minimum Gasteiger partial charge on any atom is -0.313 e. The first-order valence-electron chi connectivity index (χ1n) is 7.24. The Labute approximate surface area is 112 Å². The Balaban J connectivity index is 2.85. The van der Waals surface area contributed by atoms with Gasteiger partial charge in [0.05, 0.1) is 6.61 Å². The molecule has 0 rings (SSSR count). The van der Waals surface area contributed by atoms with Gasteiger partial charge in [-0.15, -0.1) is 0 Å². The second-order valence-corrected chi connectivity index (χ2v) is 5.41. The molecular weight excluding hydrogens is 232 g/mol. The van der Waals surface area contributed by atoms with Crippen LogP contribution < -0.4 is 0 Å². The lowest BCUT2D eigenvalue weighted by Gasteiger charge is -2.02. The summed E-state index contributed by atoms with van der Waals surface area (Å²) in [7, 11) is 0. The van der Waals surface area contributed by atoms with Crippen LogP contribution in [0.25, 0.3) is 0 Å². The Morgan fingerprint density at radius 1 is 0.824 bits per heavy atom. The highest BCUT2D eigenvalue weighted by molar-refractivity contribution is 7.94. The molecule has 0 atom stereocenters. The van der Waals surface area contributed by atoms with E-state index in [1.807, 2.05) is 0 Å². The molecule has 0 saturated heterocycles. The van der Waals surface area contributed by atoms with E-state index in [-0.39, 0.29) is 6.61 Å². The molecule has 3 heteroatoms. The molecule has 103 valence electrons. The molecule has 2 nitrogen and oxygen atoms in total. The van der Waals surface area contributed by atoms with Crippen LogP contribution in [-0.4, -0.2) is 19.0 Å². The Morgan fingerprint density at radius 3 is 1.88 bits per heavy atom. The molecule has 0 bridgehead atoms. The van der Waals surface area contributed by atoms with Crippen molar-refractivity contribution in [3.8, 4) is 0 Å². The van der Waals surface area contributed by atoms with Gasteiger partial charge in [0, 0.05) is 5.75 Å². The van der Waals surface area contributed by atoms with Gasteiger partial charge in [-0.3, -0.25) is 0 Å². The predicted octanol–water partition coefficient (Wildman–Crippen LogP) is 5.00. The summed E-state index contributed by atoms with van der Waals surface area (Å²) in [6.45, 7) is 2.49. The Morgan fingerprint density at radius 2 is 1.35 bits per heavy atom. The largest absolute Gasteiger partial charge is 0.313 e. The third-order valence-electron chi connectivity index (χ3n) is 2.83. The van der Waals surface area contributed by atoms with Crippen molar-refractivity contribution in [1.29, 1.82) is 0 Å². The van der Waals surface area contributed by atoms with E-state index >= 15 is 0 Å². The van der Waals surface area contributed by atoms with Gasteiger partial charge in [0.25, 0.3) is 0 Å². The summed E-state index contributed by atoms with van der Waals surface area (Å²) >= 11 is 1.46. The molecule has 0 aromatic carbocycles. The number of hydrogen-bond donors (Lipinski definition) is 0. The van der Waals surface area contributed by atoms with Gasteiger partial charge >= 0.3 is 0 Å². The lowest BCUT2D eigenvalue weighted by atomic mass is 10.1. The molecule has 1 radical (unpaired) electrons. The van der Waals surface area contributed by atoms with E-state index in [0.717, 1.165) is 5.75 Å². The lowest BCUT2D eigenvalue weighted by molar-refractivity contribution is 0.149. The first-order chi connectivity index (χ1) is 8.41. The highest BCUT2D eigenvalue weighted by Crippen LogP contribution is 2.12. The lowest BCUT2D eigenvalue weighted by Crippen LogP contribution is -1.92. The average Bonchev–Trinajstić information content (AvgIpc) is 2.35. The van der Waals surface area contributed by atoms with E-state index in [0.29, 0.717) is 6.61 Å². The molecule has 0 unspecified atom stereocenters. The van der Waals surface area contributed by atoms with Crippen LogP contribution in [0.3, 0.4) is 0 Å². The minimum atomic E-state index is -0.120. The van der Waals surface area contributed by atoms with Crippen molar-refractivity contribution >= 4 is 12.0 Å². The van der Waals surface area contributed by atoms with E-state index in [9.17, 15) is 5.11 Å². The van der Waals surface area contributed by atoms with E-state index in [2.05, 4.69) is 6.92 Å². The van der Waals surface area contributed by atoms with Crippen LogP contribution >= 0.6 is 12.0 Å². The highest BCUT2D eigenvalue weighted by Gasteiger charge is 1.93. The first kappa shape index (κ1) is 17.3. The second kappa shape index (κ2) is 16.3. The van der Waals surface area contributed by atoms with Crippen LogP contribution in [0.15, 0.2) is 0 Å². The van der Waals surface area contributed by atoms with Crippen LogP contribution in [-0.2, 0) is 9.29 Å². The van der Waals surface area contributed by atoms with E-state index in [1.54, 1.807) is 0 Å². The van der Waals surface area contributed by atoms with Crippen molar-refractivity contribution in [1.82, 2.24) is 0 Å². The third kappa shape index (κ3) is 16.3. The Hall–Kier alpha value is 0.270. The SMILES string of the molecule is CCCCCCCCCCCCSOCC[O]. The van der Waals surface area contributed by atoms with Crippen molar-refractivity contribution in [3.63, 3.8) is 0 Å². The molecule has 0 aliphatic carbocycles. The molecule has 0 aromatic heterocycles. The summed E-state index contributed by atoms with van der Waals surface area (Å²) in [5.41, 5.74) is 0. The van der Waals surface area contributed by atoms with E-state index in [4.69, 9.17) is 4.18 Å². The zero-order chi connectivity index (χ0) is 12.6. The fourth-order valence-corrected chi connectivity index (χ4v) is 2.43. The van der Waals surface area contributed by atoms with Gasteiger partial charge in [0.15, 0.2) is 0 Å². The van der Waals surface area contributed by atoms with Crippen molar-refractivity contribution < 1.29 is 9.29 Å². The summed E-state index contributed by atoms with van der Waals surface area (Å²) in [5.74, 6) is 1.04. The Kier molecular flexibility index (Phi) is 16.5. The maximum absolute atomic E-state index is 10.1. The summed E-state index contributed by atoms with van der Waals surface area (Å²) < 4.78 is 5.07. The van der Waals surface area contributed by atoms with Gasteiger partial charge in [-0.05, 0) is 18.5 Å². The van der Waals surface area contributed by atoms with Crippen LogP contribution in [0.2, 0.25) is 0 Å². The maximum Gasteiger partial charge on any atom is 0.107 e. The quantitative estimate of drug-likeness (QED) is 0.325. The van der Waals surface area contributed by atoms with Crippen LogP contribution in [0.5, 0.6) is 0 Å². The number of hydrogen-bond acceptors (Lipinski definition) is 2. The van der Waals surface area contributed by atoms with Gasteiger partial charge < -0.3 is 4.18 Å². The Bertz CT molecular complexity index is 117.